The molecule has 3 rings (SSSR count). The summed E-state index contributed by atoms with van der Waals surface area (Å²) in [7, 11) is 1.63. The number of nitrogens with two attached hydrogens (primary N) is 1. The number of carbonyl (C=O) groups is 1. The summed E-state index contributed by atoms with van der Waals surface area (Å²) in [6, 6.07) is 6.56. The van der Waals surface area contributed by atoms with E-state index < -0.39 is 23.9 Å². The molecule has 0 amide bonds. The molecular formula is C19H17F6N5O4. The molecule has 1 aromatic carbocycles. The predicted octanol–water partition coefficient (Wildman–Crippen LogP) is 3.34. The van der Waals surface area contributed by atoms with Crippen molar-refractivity contribution in [2.75, 3.05) is 31.3 Å². The van der Waals surface area contributed by atoms with Crippen LogP contribution in [0.3, 0.4) is 0 Å². The molecule has 0 fully saturated rings. The summed E-state index contributed by atoms with van der Waals surface area (Å²) in [6.07, 6.45) is -9.70. The van der Waals surface area contributed by atoms with Crippen LogP contribution in [-0.4, -0.2) is 57.6 Å². The summed E-state index contributed by atoms with van der Waals surface area (Å²) in [5.74, 6) is -2.44. The van der Waals surface area contributed by atoms with Gasteiger partial charge in [-0.2, -0.15) is 36.3 Å². The van der Waals surface area contributed by atoms with Gasteiger partial charge in [0.1, 0.15) is 18.2 Å². The van der Waals surface area contributed by atoms with Gasteiger partial charge in [0.2, 0.25) is 5.95 Å². The molecule has 0 saturated carbocycles. The Labute approximate surface area is 187 Å². The Balaban J connectivity index is 0.000000509. The summed E-state index contributed by atoms with van der Waals surface area (Å²) in [5, 5.41) is 19.4. The van der Waals surface area contributed by atoms with E-state index in [1.807, 2.05) is 0 Å². The van der Waals surface area contributed by atoms with Crippen LogP contribution in [0.4, 0.5) is 38.1 Å². The maximum atomic E-state index is 13.5. The third-order valence-electron chi connectivity index (χ3n) is 3.99. The third kappa shape index (κ3) is 6.34. The van der Waals surface area contributed by atoms with Crippen molar-refractivity contribution in [2.45, 2.75) is 12.4 Å². The number of nitrogens with zero attached hydrogens (tertiary/aromatic N) is 3. The van der Waals surface area contributed by atoms with E-state index in [0.717, 1.165) is 6.07 Å². The van der Waals surface area contributed by atoms with Gasteiger partial charge in [0.05, 0.1) is 28.8 Å². The number of benzene rings is 1. The summed E-state index contributed by atoms with van der Waals surface area (Å²) in [5.41, 5.74) is 4.68. The Morgan fingerprint density at radius 1 is 1.09 bits per heavy atom. The van der Waals surface area contributed by atoms with Gasteiger partial charge in [0.25, 0.3) is 0 Å². The third-order valence-corrected chi connectivity index (χ3v) is 3.99. The molecule has 2 heterocycles. The predicted molar refractivity (Wildman–Crippen MR) is 108 cm³/mol. The standard InChI is InChI=1S/C17H16F3N5O2.C2HF3O2/c1-22-14-9-5-6-11(23-15(9)25-16(21)24-14)13-10(17(18,19)20)3-2-4-12(13)27-8-7-26;3-2(4,5)1(6)7/h2-6,26H,7-8H2,1H3,(H3,21,22,23,24,25);(H,6,7). The second-order valence-corrected chi connectivity index (χ2v) is 6.30. The van der Waals surface area contributed by atoms with Gasteiger partial charge >= 0.3 is 18.3 Å². The van der Waals surface area contributed by atoms with Crippen molar-refractivity contribution >= 4 is 28.8 Å². The summed E-state index contributed by atoms with van der Waals surface area (Å²) in [6.45, 7) is -0.489. The van der Waals surface area contributed by atoms with E-state index in [1.54, 1.807) is 13.1 Å². The molecule has 34 heavy (non-hydrogen) atoms. The first-order valence-corrected chi connectivity index (χ1v) is 9.16. The number of halogens is 6. The van der Waals surface area contributed by atoms with Crippen molar-refractivity contribution in [1.82, 2.24) is 15.0 Å². The largest absolute Gasteiger partial charge is 0.490 e. The van der Waals surface area contributed by atoms with Crippen molar-refractivity contribution in [3.8, 4) is 17.0 Å². The number of anilines is 2. The smallest absolute Gasteiger partial charge is 0.490 e. The Morgan fingerprint density at radius 3 is 2.26 bits per heavy atom. The number of nitrogen functional groups attached to an aromatic ring is 1. The van der Waals surface area contributed by atoms with E-state index in [9.17, 15) is 26.3 Å². The number of hydrogen-bond acceptors (Lipinski definition) is 8. The van der Waals surface area contributed by atoms with Crippen molar-refractivity contribution < 1.29 is 46.1 Å². The number of alkyl halides is 6. The number of fused-ring (bicyclic) bond motifs is 1. The maximum Gasteiger partial charge on any atom is 0.490 e. The lowest BCUT2D eigenvalue weighted by atomic mass is 10.0. The minimum atomic E-state index is -5.08. The number of pyridine rings is 1. The average Bonchev–Trinajstić information content (AvgIpc) is 2.75. The Kier molecular flexibility index (Phi) is 8.04. The topological polar surface area (TPSA) is 143 Å². The first kappa shape index (κ1) is 26.4. The van der Waals surface area contributed by atoms with E-state index in [1.165, 1.54) is 18.2 Å². The molecule has 5 N–H and O–H groups in total. The van der Waals surface area contributed by atoms with Gasteiger partial charge in [-0.25, -0.2) is 9.78 Å². The Bertz CT molecular complexity index is 1170. The van der Waals surface area contributed by atoms with Crippen molar-refractivity contribution in [2.24, 2.45) is 0 Å². The van der Waals surface area contributed by atoms with Crippen LogP contribution in [0.1, 0.15) is 5.56 Å². The first-order chi connectivity index (χ1) is 15.8. The lowest BCUT2D eigenvalue weighted by Crippen LogP contribution is -2.21. The molecule has 0 saturated heterocycles. The van der Waals surface area contributed by atoms with Crippen molar-refractivity contribution in [1.29, 1.82) is 0 Å². The quantitative estimate of drug-likeness (QED) is 0.394. The molecule has 0 unspecified atom stereocenters. The van der Waals surface area contributed by atoms with Gasteiger partial charge in [0.15, 0.2) is 5.65 Å². The molecule has 0 bridgehead atoms. The van der Waals surface area contributed by atoms with Crippen LogP contribution in [-0.2, 0) is 11.0 Å². The number of aliphatic hydroxyl groups excluding tert-OH is 1. The van der Waals surface area contributed by atoms with E-state index in [0.29, 0.717) is 11.2 Å². The number of aliphatic hydroxyl groups is 1. The molecular weight excluding hydrogens is 476 g/mol. The first-order valence-electron chi connectivity index (χ1n) is 9.16. The zero-order chi connectivity index (χ0) is 25.7. The number of carboxylic acid groups (broad SMARTS) is 1. The normalized spacial score (nSPS) is 11.5. The van der Waals surface area contributed by atoms with E-state index in [-0.39, 0.29) is 41.8 Å². The SMILES string of the molecule is CNc1nc(N)nc2nc(-c3c(OCCO)cccc3C(F)(F)F)ccc12.O=C(O)C(F)(F)F. The summed E-state index contributed by atoms with van der Waals surface area (Å²) < 4.78 is 77.7. The van der Waals surface area contributed by atoms with Gasteiger partial charge in [-0.1, -0.05) is 6.07 Å². The molecule has 15 heteroatoms. The second-order valence-electron chi connectivity index (χ2n) is 6.30. The molecule has 184 valence electrons. The number of aromatic nitrogens is 3. The number of ether oxygens (including phenoxy) is 1. The van der Waals surface area contributed by atoms with Crippen LogP contribution in [0.5, 0.6) is 5.75 Å². The zero-order valence-corrected chi connectivity index (χ0v) is 17.2. The number of aliphatic carboxylic acids is 1. The highest BCUT2D eigenvalue weighted by Gasteiger charge is 2.38. The van der Waals surface area contributed by atoms with Crippen LogP contribution in [0, 0.1) is 0 Å². The fourth-order valence-corrected chi connectivity index (χ4v) is 2.66. The highest BCUT2D eigenvalue weighted by molar-refractivity contribution is 5.89. The van der Waals surface area contributed by atoms with Crippen molar-refractivity contribution in [3.05, 3.63) is 35.9 Å². The van der Waals surface area contributed by atoms with E-state index >= 15 is 0 Å². The Hall–Kier alpha value is -3.88. The molecule has 0 spiro atoms. The monoisotopic (exact) mass is 493 g/mol. The van der Waals surface area contributed by atoms with Crippen molar-refractivity contribution in [3.63, 3.8) is 0 Å². The minimum Gasteiger partial charge on any atom is -0.490 e. The molecule has 0 radical (unpaired) electrons. The fraction of sp³-hybridized carbons (Fsp3) is 0.263. The minimum absolute atomic E-state index is 0.0171. The van der Waals surface area contributed by atoms with E-state index in [4.69, 9.17) is 25.5 Å². The number of hydrogen-bond donors (Lipinski definition) is 4. The van der Waals surface area contributed by atoms with Crippen LogP contribution >= 0.6 is 0 Å². The summed E-state index contributed by atoms with van der Waals surface area (Å²) in [4.78, 5) is 21.2. The molecule has 0 aliphatic carbocycles. The molecule has 9 nitrogen and oxygen atoms in total. The zero-order valence-electron chi connectivity index (χ0n) is 17.2. The fourth-order valence-electron chi connectivity index (χ4n) is 2.66. The van der Waals surface area contributed by atoms with Gasteiger partial charge < -0.3 is 26.0 Å². The lowest BCUT2D eigenvalue weighted by Gasteiger charge is -2.17. The number of carboxylic acids is 1. The summed E-state index contributed by atoms with van der Waals surface area (Å²) >= 11 is 0. The highest BCUT2D eigenvalue weighted by atomic mass is 19.4. The highest BCUT2D eigenvalue weighted by Crippen LogP contribution is 2.42. The van der Waals surface area contributed by atoms with Gasteiger partial charge in [0, 0.05) is 7.05 Å². The van der Waals surface area contributed by atoms with Gasteiger partial charge in [-0.3, -0.25) is 0 Å². The molecule has 0 aliphatic rings. The molecule has 3 aromatic rings. The Morgan fingerprint density at radius 2 is 1.74 bits per heavy atom. The number of nitrogens with one attached hydrogen (secondary N) is 1. The van der Waals surface area contributed by atoms with Gasteiger partial charge in [-0.15, -0.1) is 0 Å². The lowest BCUT2D eigenvalue weighted by molar-refractivity contribution is -0.192. The molecule has 2 aromatic heterocycles. The number of rotatable bonds is 5. The molecule has 0 atom stereocenters. The van der Waals surface area contributed by atoms with Gasteiger partial charge in [-0.05, 0) is 24.3 Å². The second kappa shape index (κ2) is 10.4. The maximum absolute atomic E-state index is 13.5. The van der Waals surface area contributed by atoms with Crippen LogP contribution in [0.15, 0.2) is 30.3 Å². The van der Waals surface area contributed by atoms with Crippen LogP contribution in [0.2, 0.25) is 0 Å². The van der Waals surface area contributed by atoms with E-state index in [2.05, 4.69) is 20.3 Å². The molecule has 0 aliphatic heterocycles. The van der Waals surface area contributed by atoms with Crippen LogP contribution in [0.25, 0.3) is 22.3 Å². The van der Waals surface area contributed by atoms with Crippen LogP contribution < -0.4 is 15.8 Å². The average molecular weight is 493 g/mol.